The first-order valence-electron chi connectivity index (χ1n) is 10.9. The molecule has 3 aromatic rings. The van der Waals surface area contributed by atoms with Crippen molar-refractivity contribution in [3.05, 3.63) is 74.3 Å². The second kappa shape index (κ2) is 11.0. The van der Waals surface area contributed by atoms with Crippen LogP contribution >= 0.6 is 11.6 Å². The third-order valence-electron chi connectivity index (χ3n) is 5.73. The van der Waals surface area contributed by atoms with E-state index in [4.69, 9.17) is 21.4 Å². The number of fused-ring (bicyclic) bond motifs is 1. The van der Waals surface area contributed by atoms with Crippen LogP contribution in [0, 0.1) is 11.7 Å². The standard InChI is InChI=1S/C25H27ClFNO6/c1-14(2)21(13-30)28-12-18(25(32)33)24(31)17-10-16(9-15-5-3-6-19(26)23(15)27)22(11-20(17)28)34-8-4-7-29/h3,5-6,10-12,14,21,29-30H,4,7-9,13H2,1-2H3,(H,32,33)/t21-/m1/s1. The largest absolute Gasteiger partial charge is 0.493 e. The summed E-state index contributed by atoms with van der Waals surface area (Å²) in [5.41, 5.74) is 0.0123. The van der Waals surface area contributed by atoms with Crippen LogP contribution in [0.4, 0.5) is 4.39 Å². The molecule has 2 aromatic carbocycles. The molecule has 0 radical (unpaired) electrons. The minimum atomic E-state index is -1.38. The average Bonchev–Trinajstić information content (AvgIpc) is 2.79. The molecule has 0 aliphatic carbocycles. The van der Waals surface area contributed by atoms with Gasteiger partial charge < -0.3 is 24.6 Å². The van der Waals surface area contributed by atoms with Crippen LogP contribution in [-0.2, 0) is 6.42 Å². The molecule has 0 saturated heterocycles. The lowest BCUT2D eigenvalue weighted by Gasteiger charge is -2.25. The number of ether oxygens (including phenoxy) is 1. The summed E-state index contributed by atoms with van der Waals surface area (Å²) >= 11 is 5.92. The number of aromatic nitrogens is 1. The van der Waals surface area contributed by atoms with Crippen molar-refractivity contribution in [3.8, 4) is 5.75 Å². The van der Waals surface area contributed by atoms with E-state index in [0.29, 0.717) is 23.3 Å². The molecule has 1 aromatic heterocycles. The third-order valence-corrected chi connectivity index (χ3v) is 6.02. The maximum Gasteiger partial charge on any atom is 0.341 e. The second-order valence-corrected chi connectivity index (χ2v) is 8.78. The Morgan fingerprint density at radius 2 is 1.94 bits per heavy atom. The molecule has 3 rings (SSSR count). The predicted molar refractivity (Wildman–Crippen MR) is 128 cm³/mol. The molecule has 0 aliphatic rings. The minimum Gasteiger partial charge on any atom is -0.493 e. The Morgan fingerprint density at radius 1 is 1.21 bits per heavy atom. The molecule has 0 fully saturated rings. The Kier molecular flexibility index (Phi) is 8.30. The van der Waals surface area contributed by atoms with Crippen LogP contribution in [0.15, 0.2) is 41.3 Å². The lowest BCUT2D eigenvalue weighted by molar-refractivity contribution is 0.0694. The normalized spacial score (nSPS) is 12.3. The summed E-state index contributed by atoms with van der Waals surface area (Å²) in [4.78, 5) is 24.9. The Hall–Kier alpha value is -2.94. The number of aliphatic hydroxyl groups excluding tert-OH is 2. The first-order valence-corrected chi connectivity index (χ1v) is 11.3. The van der Waals surface area contributed by atoms with Crippen molar-refractivity contribution in [1.82, 2.24) is 4.57 Å². The molecular weight excluding hydrogens is 465 g/mol. The predicted octanol–water partition coefficient (Wildman–Crippen LogP) is 4.03. The number of hydrogen-bond acceptors (Lipinski definition) is 5. The van der Waals surface area contributed by atoms with Crippen LogP contribution in [-0.4, -0.2) is 45.7 Å². The van der Waals surface area contributed by atoms with Crippen molar-refractivity contribution < 1.29 is 29.2 Å². The van der Waals surface area contributed by atoms with Crippen LogP contribution in [0.2, 0.25) is 5.02 Å². The molecule has 0 aliphatic heterocycles. The van der Waals surface area contributed by atoms with E-state index in [1.807, 2.05) is 13.8 Å². The molecule has 1 atom stereocenters. The van der Waals surface area contributed by atoms with E-state index in [2.05, 4.69) is 0 Å². The van der Waals surface area contributed by atoms with E-state index in [9.17, 15) is 24.2 Å². The fourth-order valence-corrected chi connectivity index (χ4v) is 4.07. The van der Waals surface area contributed by atoms with Gasteiger partial charge in [0.15, 0.2) is 0 Å². The number of aromatic carboxylic acids is 1. The summed E-state index contributed by atoms with van der Waals surface area (Å²) in [5, 5.41) is 28.8. The van der Waals surface area contributed by atoms with Gasteiger partial charge in [-0.25, -0.2) is 9.18 Å². The summed E-state index contributed by atoms with van der Waals surface area (Å²) in [6.45, 7) is 3.57. The van der Waals surface area contributed by atoms with Crippen LogP contribution in [0.5, 0.6) is 5.75 Å². The van der Waals surface area contributed by atoms with Crippen LogP contribution in [0.1, 0.15) is 47.8 Å². The summed E-state index contributed by atoms with van der Waals surface area (Å²) in [6.07, 6.45) is 1.64. The van der Waals surface area contributed by atoms with Crippen molar-refractivity contribution >= 4 is 28.5 Å². The van der Waals surface area contributed by atoms with Gasteiger partial charge in [0, 0.05) is 37.1 Å². The first-order chi connectivity index (χ1) is 16.2. The summed E-state index contributed by atoms with van der Waals surface area (Å²) in [7, 11) is 0. The summed E-state index contributed by atoms with van der Waals surface area (Å²) < 4.78 is 22.1. The highest BCUT2D eigenvalue weighted by molar-refractivity contribution is 6.30. The minimum absolute atomic E-state index is 0.0423. The first kappa shape index (κ1) is 25.7. The van der Waals surface area contributed by atoms with Gasteiger partial charge >= 0.3 is 5.97 Å². The number of carboxylic acid groups (broad SMARTS) is 1. The Labute approximate surface area is 201 Å². The van der Waals surface area contributed by atoms with Gasteiger partial charge in [0.05, 0.1) is 29.8 Å². The van der Waals surface area contributed by atoms with Crippen LogP contribution < -0.4 is 10.2 Å². The molecule has 0 bridgehead atoms. The third kappa shape index (κ3) is 5.24. The molecular formula is C25H27ClFNO6. The van der Waals surface area contributed by atoms with E-state index >= 15 is 0 Å². The molecule has 1 heterocycles. The Balaban J connectivity index is 2.31. The SMILES string of the molecule is CC(C)[C@@H](CO)n1cc(C(=O)O)c(=O)c2cc(Cc3cccc(Cl)c3F)c(OCCCO)cc21. The van der Waals surface area contributed by atoms with E-state index in [1.165, 1.54) is 18.3 Å². The molecule has 0 unspecified atom stereocenters. The number of nitrogens with zero attached hydrogens (tertiary/aromatic N) is 1. The highest BCUT2D eigenvalue weighted by Crippen LogP contribution is 2.31. The van der Waals surface area contributed by atoms with E-state index < -0.39 is 28.8 Å². The monoisotopic (exact) mass is 491 g/mol. The number of rotatable bonds is 10. The summed E-state index contributed by atoms with van der Waals surface area (Å²) in [6, 6.07) is 7.21. The molecule has 0 amide bonds. The van der Waals surface area contributed by atoms with Gasteiger partial charge in [0.25, 0.3) is 0 Å². The van der Waals surface area contributed by atoms with Gasteiger partial charge in [-0.2, -0.15) is 0 Å². The topological polar surface area (TPSA) is 109 Å². The number of hydrogen-bond donors (Lipinski definition) is 3. The van der Waals surface area contributed by atoms with Crippen molar-refractivity contribution in [2.24, 2.45) is 5.92 Å². The highest BCUT2D eigenvalue weighted by Gasteiger charge is 2.23. The summed E-state index contributed by atoms with van der Waals surface area (Å²) in [5.74, 6) is -1.69. The maximum absolute atomic E-state index is 14.6. The number of carbonyl (C=O) groups is 1. The van der Waals surface area contributed by atoms with Crippen molar-refractivity contribution in [1.29, 1.82) is 0 Å². The van der Waals surface area contributed by atoms with Gasteiger partial charge in [-0.3, -0.25) is 4.79 Å². The zero-order valence-electron chi connectivity index (χ0n) is 18.9. The van der Waals surface area contributed by atoms with Crippen molar-refractivity contribution in [3.63, 3.8) is 0 Å². The number of pyridine rings is 1. The van der Waals surface area contributed by atoms with Crippen LogP contribution in [0.3, 0.4) is 0 Å². The lowest BCUT2D eigenvalue weighted by Crippen LogP contribution is -2.25. The van der Waals surface area contributed by atoms with E-state index in [-0.39, 0.29) is 48.1 Å². The average molecular weight is 492 g/mol. The number of aliphatic hydroxyl groups is 2. The van der Waals surface area contributed by atoms with Crippen LogP contribution in [0.25, 0.3) is 10.9 Å². The van der Waals surface area contributed by atoms with E-state index in [1.54, 1.807) is 22.8 Å². The number of benzene rings is 2. The number of carboxylic acids is 1. The molecule has 9 heteroatoms. The Morgan fingerprint density at radius 3 is 2.56 bits per heavy atom. The molecule has 3 N–H and O–H groups in total. The molecule has 0 saturated carbocycles. The van der Waals surface area contributed by atoms with Crippen molar-refractivity contribution in [2.45, 2.75) is 32.7 Å². The van der Waals surface area contributed by atoms with Gasteiger partial charge in [0.2, 0.25) is 5.43 Å². The van der Waals surface area contributed by atoms with Crippen molar-refractivity contribution in [2.75, 3.05) is 19.8 Å². The van der Waals surface area contributed by atoms with E-state index in [0.717, 1.165) is 0 Å². The fraction of sp³-hybridized carbons (Fsp3) is 0.360. The van der Waals surface area contributed by atoms with Gasteiger partial charge in [0.1, 0.15) is 17.1 Å². The quantitative estimate of drug-likeness (QED) is 0.369. The van der Waals surface area contributed by atoms with Gasteiger partial charge in [-0.1, -0.05) is 37.6 Å². The second-order valence-electron chi connectivity index (χ2n) is 8.37. The fourth-order valence-electron chi connectivity index (χ4n) is 3.88. The zero-order chi connectivity index (χ0) is 25.0. The Bertz CT molecular complexity index is 1260. The smallest absolute Gasteiger partial charge is 0.341 e. The molecule has 34 heavy (non-hydrogen) atoms. The molecule has 0 spiro atoms. The number of halogens is 2. The highest BCUT2D eigenvalue weighted by atomic mass is 35.5. The zero-order valence-corrected chi connectivity index (χ0v) is 19.7. The lowest BCUT2D eigenvalue weighted by atomic mass is 9.98. The van der Waals surface area contributed by atoms with Gasteiger partial charge in [-0.15, -0.1) is 0 Å². The van der Waals surface area contributed by atoms with Gasteiger partial charge in [-0.05, 0) is 29.2 Å². The maximum atomic E-state index is 14.6. The molecule has 182 valence electrons. The molecule has 7 nitrogen and oxygen atoms in total.